The van der Waals surface area contributed by atoms with Crippen LogP contribution in [0.2, 0.25) is 0 Å². The van der Waals surface area contributed by atoms with E-state index in [-0.39, 0.29) is 34.8 Å². The lowest BCUT2D eigenvalue weighted by Gasteiger charge is -2.53. The summed E-state index contributed by atoms with van der Waals surface area (Å²) in [5.41, 5.74) is 8.43. The van der Waals surface area contributed by atoms with Gasteiger partial charge in [0.2, 0.25) is 5.95 Å². The van der Waals surface area contributed by atoms with Gasteiger partial charge < -0.3 is 25.6 Å². The number of nitrogens with one attached hydrogen (secondary N) is 1. The van der Waals surface area contributed by atoms with E-state index in [0.29, 0.717) is 77.7 Å². The molecule has 1 saturated carbocycles. The first-order chi connectivity index (χ1) is 23.5. The zero-order chi connectivity index (χ0) is 34.9. The van der Waals surface area contributed by atoms with E-state index in [0.717, 1.165) is 45.2 Å². The number of guanidine groups is 1. The summed E-state index contributed by atoms with van der Waals surface area (Å²) >= 11 is 0. The topological polar surface area (TPSA) is 101 Å². The van der Waals surface area contributed by atoms with E-state index < -0.39 is 6.67 Å². The second-order valence-corrected chi connectivity index (χ2v) is 15.2. The van der Waals surface area contributed by atoms with E-state index in [1.165, 1.54) is 13.2 Å². The van der Waals surface area contributed by atoms with Crippen LogP contribution in [0.15, 0.2) is 46.2 Å². The van der Waals surface area contributed by atoms with E-state index in [1.807, 2.05) is 6.07 Å². The quantitative estimate of drug-likeness (QED) is 0.221. The molecular formula is C38H53F2N7O2. The Bertz CT molecular complexity index is 1720. The Morgan fingerprint density at radius 2 is 1.90 bits per heavy atom. The average molecular weight is 678 g/mol. The summed E-state index contributed by atoms with van der Waals surface area (Å²) in [5, 5.41) is 3.89. The third-order valence-corrected chi connectivity index (χ3v) is 11.5. The Kier molecular flexibility index (Phi) is 10.5. The first-order valence-electron chi connectivity index (χ1n) is 18.0. The molecule has 3 aliphatic rings. The van der Waals surface area contributed by atoms with Gasteiger partial charge in [-0.15, -0.1) is 0 Å². The number of fused-ring (bicyclic) bond motifs is 1. The number of methoxy groups -OCH3 is 1. The fourth-order valence-electron chi connectivity index (χ4n) is 8.74. The van der Waals surface area contributed by atoms with Crippen molar-refractivity contribution in [2.45, 2.75) is 84.8 Å². The number of ether oxygens (including phenoxy) is 1. The number of halogens is 2. The molecule has 2 aliphatic heterocycles. The molecule has 6 rings (SSSR count). The van der Waals surface area contributed by atoms with Crippen LogP contribution < -0.4 is 26.2 Å². The molecule has 5 atom stereocenters. The predicted octanol–water partition coefficient (Wildman–Crippen LogP) is 6.04. The number of nitrogens with two attached hydrogens (primary N) is 1. The zero-order valence-electron chi connectivity index (χ0n) is 29.7. The lowest BCUT2D eigenvalue weighted by atomic mass is 9.58. The number of hydrogen-bond donors (Lipinski definition) is 2. The summed E-state index contributed by atoms with van der Waals surface area (Å²) in [5.74, 6) is 2.24. The number of aryl methyl sites for hydroxylation is 1. The molecule has 1 aliphatic carbocycles. The predicted molar refractivity (Wildman–Crippen MR) is 193 cm³/mol. The molecule has 3 aromatic rings. The maximum absolute atomic E-state index is 14.8. The van der Waals surface area contributed by atoms with Gasteiger partial charge in [0.05, 0.1) is 35.8 Å². The number of aromatic nitrogens is 2. The third kappa shape index (κ3) is 7.28. The summed E-state index contributed by atoms with van der Waals surface area (Å²) in [7, 11) is 1.51. The molecular weight excluding hydrogens is 624 g/mol. The van der Waals surface area contributed by atoms with Gasteiger partial charge in [-0.2, -0.15) is 0 Å². The maximum atomic E-state index is 14.8. The number of rotatable bonds is 8. The molecule has 0 radical (unpaired) electrons. The highest BCUT2D eigenvalue weighted by Gasteiger charge is 2.47. The van der Waals surface area contributed by atoms with E-state index in [4.69, 9.17) is 20.4 Å². The Labute approximate surface area is 288 Å². The minimum Gasteiger partial charge on any atom is -0.497 e. The lowest BCUT2D eigenvalue weighted by Crippen LogP contribution is -2.66. The van der Waals surface area contributed by atoms with Gasteiger partial charge in [0.25, 0.3) is 5.56 Å². The minimum atomic E-state index is -0.469. The van der Waals surface area contributed by atoms with Crippen molar-refractivity contribution in [2.75, 3.05) is 44.9 Å². The van der Waals surface area contributed by atoms with Gasteiger partial charge in [-0.05, 0) is 91.5 Å². The Morgan fingerprint density at radius 1 is 1.12 bits per heavy atom. The van der Waals surface area contributed by atoms with Gasteiger partial charge in [0.15, 0.2) is 5.96 Å². The van der Waals surface area contributed by atoms with Gasteiger partial charge in [0.1, 0.15) is 18.2 Å². The van der Waals surface area contributed by atoms with Crippen molar-refractivity contribution in [1.29, 1.82) is 0 Å². The number of hydrogen-bond acceptors (Lipinski definition) is 6. The zero-order valence-corrected chi connectivity index (χ0v) is 29.7. The molecule has 3 fully saturated rings. The summed E-state index contributed by atoms with van der Waals surface area (Å²) in [6.07, 6.45) is 5.68. The van der Waals surface area contributed by atoms with E-state index in [1.54, 1.807) is 28.8 Å². The lowest BCUT2D eigenvalue weighted by molar-refractivity contribution is -0.00918. The number of piperidine rings is 1. The van der Waals surface area contributed by atoms with Crippen LogP contribution >= 0.6 is 0 Å². The third-order valence-electron chi connectivity index (χ3n) is 11.5. The number of benzene rings is 2. The molecule has 2 saturated heterocycles. The second kappa shape index (κ2) is 14.6. The van der Waals surface area contributed by atoms with Crippen LogP contribution in [0.4, 0.5) is 20.4 Å². The van der Waals surface area contributed by atoms with Crippen molar-refractivity contribution in [1.82, 2.24) is 19.8 Å². The van der Waals surface area contributed by atoms with E-state index in [9.17, 15) is 13.6 Å². The van der Waals surface area contributed by atoms with Crippen LogP contribution in [0.25, 0.3) is 10.9 Å². The van der Waals surface area contributed by atoms with Crippen molar-refractivity contribution in [3.63, 3.8) is 0 Å². The standard InChI is InChI=1S/C38H53F2N7O2/c1-24-19-30(25(2)38(3,4)22-24)34-33(23-39)42-14-18-46(34)36(41)43-27-10-12-29-32(20-27)44-37(45-15-7-6-8-16-45)47(35(29)48)17-13-26-9-11-28(49-5)21-31(26)40/h9-12,20-21,24-25,30,33-34,42H,6-8,13-19,22-23H2,1-5H3,(H2,41,43)/t24-,25-,30?,33+,34?/m1/s1. The normalized spacial score (nSPS) is 26.3. The number of aliphatic imine (C=N–C) groups is 1. The molecule has 9 nitrogen and oxygen atoms in total. The minimum absolute atomic E-state index is 0.119. The van der Waals surface area contributed by atoms with Crippen LogP contribution in [0.1, 0.15) is 65.4 Å². The molecule has 2 aromatic carbocycles. The van der Waals surface area contributed by atoms with Crippen LogP contribution in [0.3, 0.4) is 0 Å². The van der Waals surface area contributed by atoms with Gasteiger partial charge in [-0.3, -0.25) is 9.36 Å². The van der Waals surface area contributed by atoms with E-state index >= 15 is 0 Å². The fraction of sp³-hybridized carbons (Fsp3) is 0.605. The van der Waals surface area contributed by atoms with E-state index in [2.05, 4.69) is 42.8 Å². The smallest absolute Gasteiger partial charge is 0.262 e. The molecule has 0 spiro atoms. The Morgan fingerprint density at radius 3 is 2.61 bits per heavy atom. The van der Waals surface area contributed by atoms with Crippen LogP contribution in [0.5, 0.6) is 5.75 Å². The Hall–Kier alpha value is -3.73. The molecule has 0 bridgehead atoms. The SMILES string of the molecule is COc1ccc(CCn2c(N3CCCCC3)nc3cc(N=C(N)N4CCN[C@@H](CF)C4C4C[C@@H](C)CC(C)(C)[C@@H]4C)ccc3c2=O)c(F)c1. The molecule has 2 unspecified atom stereocenters. The number of nitrogens with zero attached hydrogens (tertiary/aromatic N) is 5. The van der Waals surface area contributed by atoms with Gasteiger partial charge in [0, 0.05) is 38.8 Å². The van der Waals surface area contributed by atoms with Gasteiger partial charge >= 0.3 is 0 Å². The van der Waals surface area contributed by atoms with Gasteiger partial charge in [-0.1, -0.05) is 33.8 Å². The molecule has 11 heteroatoms. The van der Waals surface area contributed by atoms with Crippen LogP contribution in [-0.2, 0) is 13.0 Å². The summed E-state index contributed by atoms with van der Waals surface area (Å²) in [4.78, 5) is 28.2. The number of anilines is 1. The highest BCUT2D eigenvalue weighted by molar-refractivity contribution is 5.86. The van der Waals surface area contributed by atoms with Crippen molar-refractivity contribution < 1.29 is 13.5 Å². The number of alkyl halides is 1. The largest absolute Gasteiger partial charge is 0.497 e. The van der Waals surface area contributed by atoms with Crippen molar-refractivity contribution >= 4 is 28.5 Å². The Balaban J connectivity index is 1.33. The van der Waals surface area contributed by atoms with Crippen molar-refractivity contribution in [3.05, 3.63) is 58.1 Å². The molecule has 1 aromatic heterocycles. The first kappa shape index (κ1) is 35.1. The average Bonchev–Trinajstić information content (AvgIpc) is 3.09. The summed E-state index contributed by atoms with van der Waals surface area (Å²) in [6, 6.07) is 9.74. The molecule has 49 heavy (non-hydrogen) atoms. The number of piperazine rings is 1. The summed E-state index contributed by atoms with van der Waals surface area (Å²) in [6.45, 7) is 11.9. The summed E-state index contributed by atoms with van der Waals surface area (Å²) < 4.78 is 36.2. The maximum Gasteiger partial charge on any atom is 0.262 e. The van der Waals surface area contributed by atoms with Crippen LogP contribution in [-0.4, -0.2) is 72.5 Å². The molecule has 3 N–H and O–H groups in total. The van der Waals surface area contributed by atoms with Crippen molar-refractivity contribution in [2.24, 2.45) is 33.9 Å². The monoisotopic (exact) mass is 677 g/mol. The van der Waals surface area contributed by atoms with Gasteiger partial charge in [-0.25, -0.2) is 18.8 Å². The highest BCUT2D eigenvalue weighted by Crippen LogP contribution is 2.49. The highest BCUT2D eigenvalue weighted by atomic mass is 19.1. The van der Waals surface area contributed by atoms with Crippen molar-refractivity contribution in [3.8, 4) is 5.75 Å². The fourth-order valence-corrected chi connectivity index (χ4v) is 8.74. The van der Waals surface area contributed by atoms with Crippen LogP contribution in [0, 0.1) is 29.0 Å². The molecule has 0 amide bonds. The molecule has 3 heterocycles. The molecule has 266 valence electrons. The first-order valence-corrected chi connectivity index (χ1v) is 18.0. The second-order valence-electron chi connectivity index (χ2n) is 15.2.